The van der Waals surface area contributed by atoms with E-state index in [1.54, 1.807) is 13.1 Å². The van der Waals surface area contributed by atoms with Crippen LogP contribution in [0.4, 0.5) is 0 Å². The molecule has 0 N–H and O–H groups in total. The van der Waals surface area contributed by atoms with Crippen molar-refractivity contribution in [3.05, 3.63) is 12.7 Å². The number of hydrogen-bond donors (Lipinski definition) is 0. The molecule has 1 unspecified atom stereocenters. The Bertz CT molecular complexity index is 75.6. The van der Waals surface area contributed by atoms with E-state index >= 15 is 0 Å². The Morgan fingerprint density at radius 1 is 2.00 bits per heavy atom. The van der Waals surface area contributed by atoms with Gasteiger partial charge in [0.25, 0.3) is 0 Å². The highest BCUT2D eigenvalue weighted by Crippen LogP contribution is 1.86. The molecule has 0 aromatic carbocycles. The second kappa shape index (κ2) is 3.05. The average Bonchev–Trinajstić information content (AvgIpc) is 1.65. The lowest BCUT2D eigenvalue weighted by Crippen LogP contribution is -1.70. The van der Waals surface area contributed by atoms with Crippen LogP contribution in [0.1, 0.15) is 0 Å². The SMILES string of the molecule is C=CC(P)=NC. The quantitative estimate of drug-likeness (QED) is 0.346. The van der Waals surface area contributed by atoms with Crippen molar-refractivity contribution in [3.63, 3.8) is 0 Å². The van der Waals surface area contributed by atoms with Crippen molar-refractivity contribution >= 4 is 14.7 Å². The molecule has 0 aliphatic heterocycles. The average molecular weight is 101 g/mol. The van der Waals surface area contributed by atoms with Crippen LogP contribution in [-0.2, 0) is 0 Å². The molecule has 0 bridgehead atoms. The summed E-state index contributed by atoms with van der Waals surface area (Å²) < 4.78 is 0. The summed E-state index contributed by atoms with van der Waals surface area (Å²) >= 11 is 0. The summed E-state index contributed by atoms with van der Waals surface area (Å²) in [6.45, 7) is 3.48. The Morgan fingerprint density at radius 3 is 2.50 bits per heavy atom. The van der Waals surface area contributed by atoms with Gasteiger partial charge in [-0.05, 0) is 6.08 Å². The minimum absolute atomic E-state index is 0.898. The van der Waals surface area contributed by atoms with E-state index in [1.165, 1.54) is 0 Å². The van der Waals surface area contributed by atoms with Crippen LogP contribution in [0.15, 0.2) is 17.6 Å². The van der Waals surface area contributed by atoms with E-state index in [0.717, 1.165) is 5.45 Å². The number of hydrogen-bond acceptors (Lipinski definition) is 1. The molecule has 1 nitrogen and oxygen atoms in total. The minimum atomic E-state index is 0.898. The summed E-state index contributed by atoms with van der Waals surface area (Å²) in [5.41, 5.74) is 0.898. The third-order valence-electron chi connectivity index (χ3n) is 0.467. The summed E-state index contributed by atoms with van der Waals surface area (Å²) in [4.78, 5) is 3.77. The Kier molecular flexibility index (Phi) is 2.97. The molecule has 0 aliphatic carbocycles. The van der Waals surface area contributed by atoms with Gasteiger partial charge in [0.15, 0.2) is 0 Å². The summed E-state index contributed by atoms with van der Waals surface area (Å²) in [5, 5.41) is 0. The van der Waals surface area contributed by atoms with Gasteiger partial charge in [0.05, 0.1) is 5.45 Å². The van der Waals surface area contributed by atoms with Gasteiger partial charge in [-0.2, -0.15) is 0 Å². The van der Waals surface area contributed by atoms with Gasteiger partial charge in [0, 0.05) is 7.05 Å². The molecule has 2 heteroatoms. The van der Waals surface area contributed by atoms with Gasteiger partial charge in [-0.15, -0.1) is 0 Å². The van der Waals surface area contributed by atoms with Crippen LogP contribution < -0.4 is 0 Å². The van der Waals surface area contributed by atoms with E-state index in [1.807, 2.05) is 0 Å². The number of rotatable bonds is 1. The normalized spacial score (nSPS) is 11.3. The molecule has 0 heterocycles. The van der Waals surface area contributed by atoms with Gasteiger partial charge in [-0.3, -0.25) is 4.99 Å². The fourth-order valence-electron chi connectivity index (χ4n) is 0.0913. The molecule has 0 aromatic rings. The summed E-state index contributed by atoms with van der Waals surface area (Å²) in [6.07, 6.45) is 1.69. The molecule has 0 radical (unpaired) electrons. The Labute approximate surface area is 40.4 Å². The fraction of sp³-hybridized carbons (Fsp3) is 0.250. The Morgan fingerprint density at radius 2 is 2.50 bits per heavy atom. The zero-order valence-electron chi connectivity index (χ0n) is 3.81. The molecule has 0 saturated carbocycles. The maximum absolute atomic E-state index is 3.77. The maximum atomic E-state index is 3.77. The lowest BCUT2D eigenvalue weighted by atomic mass is 10.7. The zero-order valence-corrected chi connectivity index (χ0v) is 4.96. The topological polar surface area (TPSA) is 12.4 Å². The molecule has 0 amide bonds. The van der Waals surface area contributed by atoms with Crippen molar-refractivity contribution in [1.29, 1.82) is 0 Å². The second-order valence-electron chi connectivity index (χ2n) is 0.853. The molecule has 0 rings (SSSR count). The Balaban J connectivity index is 3.50. The van der Waals surface area contributed by atoms with Crippen molar-refractivity contribution < 1.29 is 0 Å². The predicted molar refractivity (Wildman–Crippen MR) is 33.3 cm³/mol. The second-order valence-corrected chi connectivity index (χ2v) is 1.44. The lowest BCUT2D eigenvalue weighted by molar-refractivity contribution is 1.47. The van der Waals surface area contributed by atoms with Gasteiger partial charge >= 0.3 is 0 Å². The Hall–Kier alpha value is -0.160. The first-order valence-electron chi connectivity index (χ1n) is 1.66. The largest absolute Gasteiger partial charge is 0.289 e. The van der Waals surface area contributed by atoms with E-state index in [-0.39, 0.29) is 0 Å². The predicted octanol–water partition coefficient (Wildman–Crippen LogP) is 1.08. The number of aliphatic imine (C=N–C) groups is 1. The molecule has 0 saturated heterocycles. The van der Waals surface area contributed by atoms with Crippen molar-refractivity contribution in [1.82, 2.24) is 0 Å². The zero-order chi connectivity index (χ0) is 4.99. The van der Waals surface area contributed by atoms with Gasteiger partial charge in [0.2, 0.25) is 0 Å². The van der Waals surface area contributed by atoms with Crippen molar-refractivity contribution in [3.8, 4) is 0 Å². The van der Waals surface area contributed by atoms with Gasteiger partial charge < -0.3 is 0 Å². The first-order valence-corrected chi connectivity index (χ1v) is 2.23. The van der Waals surface area contributed by atoms with Gasteiger partial charge in [-0.1, -0.05) is 15.8 Å². The number of nitrogens with zero attached hydrogens (tertiary/aromatic N) is 1. The van der Waals surface area contributed by atoms with E-state index in [9.17, 15) is 0 Å². The summed E-state index contributed by atoms with van der Waals surface area (Å²) in [5.74, 6) is 0. The highest BCUT2D eigenvalue weighted by Gasteiger charge is 1.68. The molecular formula is C4H8NP. The van der Waals surface area contributed by atoms with E-state index in [0.29, 0.717) is 0 Å². The van der Waals surface area contributed by atoms with Crippen molar-refractivity contribution in [2.45, 2.75) is 0 Å². The third-order valence-corrected chi connectivity index (χ3v) is 0.961. The standard InChI is InChI=1S/C4H8NP/c1-3-4(6)5-2/h3H,1,6H2,2H3. The molecule has 0 spiro atoms. The lowest BCUT2D eigenvalue weighted by Gasteiger charge is -1.77. The molecule has 0 aliphatic rings. The van der Waals surface area contributed by atoms with E-state index in [4.69, 9.17) is 0 Å². The van der Waals surface area contributed by atoms with E-state index in [2.05, 4.69) is 20.8 Å². The minimum Gasteiger partial charge on any atom is -0.289 e. The first kappa shape index (κ1) is 5.84. The molecule has 0 fully saturated rings. The molecular weight excluding hydrogens is 93.0 g/mol. The van der Waals surface area contributed by atoms with Gasteiger partial charge in [-0.25, -0.2) is 0 Å². The van der Waals surface area contributed by atoms with Crippen LogP contribution in [-0.4, -0.2) is 12.5 Å². The number of allylic oxidation sites excluding steroid dienone is 1. The molecule has 0 aromatic heterocycles. The van der Waals surface area contributed by atoms with Crippen LogP contribution in [0.5, 0.6) is 0 Å². The molecule has 6 heavy (non-hydrogen) atoms. The van der Waals surface area contributed by atoms with Gasteiger partial charge in [0.1, 0.15) is 0 Å². The highest BCUT2D eigenvalue weighted by molar-refractivity contribution is 7.41. The van der Waals surface area contributed by atoms with Crippen molar-refractivity contribution in [2.24, 2.45) is 4.99 Å². The van der Waals surface area contributed by atoms with Crippen LogP contribution in [0, 0.1) is 0 Å². The third kappa shape index (κ3) is 2.10. The smallest absolute Gasteiger partial charge is 0.0504 e. The highest BCUT2D eigenvalue weighted by atomic mass is 31.0. The van der Waals surface area contributed by atoms with Crippen LogP contribution in [0.3, 0.4) is 0 Å². The summed E-state index contributed by atoms with van der Waals surface area (Å²) in [6, 6.07) is 0. The summed E-state index contributed by atoms with van der Waals surface area (Å²) in [7, 11) is 4.17. The van der Waals surface area contributed by atoms with E-state index < -0.39 is 0 Å². The van der Waals surface area contributed by atoms with Crippen LogP contribution >= 0.6 is 9.24 Å². The van der Waals surface area contributed by atoms with Crippen LogP contribution in [0.25, 0.3) is 0 Å². The van der Waals surface area contributed by atoms with Crippen LogP contribution in [0.2, 0.25) is 0 Å². The fourth-order valence-corrected chi connectivity index (χ4v) is 0.0913. The molecule has 34 valence electrons. The monoisotopic (exact) mass is 101 g/mol. The maximum Gasteiger partial charge on any atom is 0.0504 e. The molecule has 1 atom stereocenters. The first-order chi connectivity index (χ1) is 2.81. The van der Waals surface area contributed by atoms with Crippen molar-refractivity contribution in [2.75, 3.05) is 7.05 Å².